The number of likely N-dealkylation sites (tertiary alicyclic amines) is 1. The standard InChI is InChI=1S/C15H17ClN4O2/c1-10-3-5-11(6-4-10)19-9-17-15(16)14(19)12-7-18(2)8-13(12)20(21)22/h3-6,9,12-13H,7-8H2,1-2H3. The molecule has 0 amide bonds. The average Bonchev–Trinajstić information content (AvgIpc) is 3.02. The van der Waals surface area contributed by atoms with Crippen molar-refractivity contribution in [3.63, 3.8) is 0 Å². The summed E-state index contributed by atoms with van der Waals surface area (Å²) in [6.45, 7) is 3.04. The third-order valence-corrected chi connectivity index (χ3v) is 4.45. The molecule has 0 radical (unpaired) electrons. The van der Waals surface area contributed by atoms with Gasteiger partial charge in [-0.05, 0) is 26.1 Å². The molecule has 6 nitrogen and oxygen atoms in total. The zero-order valence-electron chi connectivity index (χ0n) is 12.4. The van der Waals surface area contributed by atoms with E-state index in [0.29, 0.717) is 18.2 Å². The number of rotatable bonds is 3. The van der Waals surface area contributed by atoms with Crippen molar-refractivity contribution < 1.29 is 4.92 Å². The number of aromatic nitrogens is 2. The van der Waals surface area contributed by atoms with Gasteiger partial charge in [0.15, 0.2) is 5.15 Å². The Labute approximate surface area is 133 Å². The van der Waals surface area contributed by atoms with Crippen molar-refractivity contribution in [3.8, 4) is 5.69 Å². The molecule has 0 aliphatic carbocycles. The summed E-state index contributed by atoms with van der Waals surface area (Å²) in [5.74, 6) is -0.267. The van der Waals surface area contributed by atoms with Gasteiger partial charge in [0.1, 0.15) is 6.33 Å². The third kappa shape index (κ3) is 2.60. The van der Waals surface area contributed by atoms with E-state index in [2.05, 4.69) is 4.98 Å². The topological polar surface area (TPSA) is 64.2 Å². The van der Waals surface area contributed by atoms with Gasteiger partial charge in [-0.2, -0.15) is 0 Å². The molecule has 116 valence electrons. The van der Waals surface area contributed by atoms with E-state index in [1.807, 2.05) is 47.7 Å². The minimum absolute atomic E-state index is 0.211. The monoisotopic (exact) mass is 320 g/mol. The lowest BCUT2D eigenvalue weighted by molar-refractivity contribution is -0.521. The number of likely N-dealkylation sites (N-methyl/N-ethyl adjacent to an activating group) is 1. The first-order valence-corrected chi connectivity index (χ1v) is 7.47. The number of nitro groups is 1. The lowest BCUT2D eigenvalue weighted by Gasteiger charge is -2.16. The largest absolute Gasteiger partial charge is 0.301 e. The normalized spacial score (nSPS) is 22.1. The maximum atomic E-state index is 11.4. The van der Waals surface area contributed by atoms with Gasteiger partial charge in [0.05, 0.1) is 18.2 Å². The Morgan fingerprint density at radius 1 is 1.32 bits per heavy atom. The van der Waals surface area contributed by atoms with Crippen molar-refractivity contribution >= 4 is 11.6 Å². The van der Waals surface area contributed by atoms with Crippen molar-refractivity contribution in [1.82, 2.24) is 14.5 Å². The first kappa shape index (κ1) is 15.0. The van der Waals surface area contributed by atoms with Crippen LogP contribution in [0.25, 0.3) is 5.69 Å². The van der Waals surface area contributed by atoms with Crippen molar-refractivity contribution in [3.05, 3.63) is 57.1 Å². The molecule has 2 unspecified atom stereocenters. The molecule has 1 aliphatic rings. The number of hydrogen-bond donors (Lipinski definition) is 0. The molecule has 1 aromatic heterocycles. The van der Waals surface area contributed by atoms with Crippen LogP contribution in [0.3, 0.4) is 0 Å². The van der Waals surface area contributed by atoms with Gasteiger partial charge in [-0.1, -0.05) is 29.3 Å². The van der Waals surface area contributed by atoms with E-state index in [0.717, 1.165) is 16.9 Å². The average molecular weight is 321 g/mol. The summed E-state index contributed by atoms with van der Waals surface area (Å²) in [6.07, 6.45) is 1.64. The summed E-state index contributed by atoms with van der Waals surface area (Å²) in [6, 6.07) is 7.27. The highest BCUT2D eigenvalue weighted by atomic mass is 35.5. The van der Waals surface area contributed by atoms with E-state index in [-0.39, 0.29) is 10.8 Å². The summed E-state index contributed by atoms with van der Waals surface area (Å²) >= 11 is 6.25. The van der Waals surface area contributed by atoms with Gasteiger partial charge in [-0.15, -0.1) is 0 Å². The fraction of sp³-hybridized carbons (Fsp3) is 0.400. The summed E-state index contributed by atoms with van der Waals surface area (Å²) in [4.78, 5) is 17.3. The van der Waals surface area contributed by atoms with Crippen LogP contribution in [0.5, 0.6) is 0 Å². The molecule has 2 atom stereocenters. The number of halogens is 1. The number of benzene rings is 1. The molecule has 1 saturated heterocycles. The van der Waals surface area contributed by atoms with E-state index >= 15 is 0 Å². The predicted molar refractivity (Wildman–Crippen MR) is 84.3 cm³/mol. The molecule has 2 heterocycles. The number of imidazole rings is 1. The van der Waals surface area contributed by atoms with Gasteiger partial charge in [-0.25, -0.2) is 4.98 Å². The van der Waals surface area contributed by atoms with Crippen LogP contribution < -0.4 is 0 Å². The highest BCUT2D eigenvalue weighted by molar-refractivity contribution is 6.30. The fourth-order valence-corrected chi connectivity index (χ4v) is 3.31. The molecule has 0 bridgehead atoms. The summed E-state index contributed by atoms with van der Waals surface area (Å²) in [5, 5.41) is 11.7. The summed E-state index contributed by atoms with van der Waals surface area (Å²) in [5.41, 5.74) is 2.79. The van der Waals surface area contributed by atoms with Crippen molar-refractivity contribution in [2.24, 2.45) is 0 Å². The molecule has 1 aliphatic heterocycles. The Morgan fingerprint density at radius 2 is 2.00 bits per heavy atom. The Morgan fingerprint density at radius 3 is 2.64 bits per heavy atom. The van der Waals surface area contributed by atoms with Crippen LogP contribution in [-0.2, 0) is 0 Å². The minimum Gasteiger partial charge on any atom is -0.301 e. The van der Waals surface area contributed by atoms with Gasteiger partial charge < -0.3 is 4.57 Å². The van der Waals surface area contributed by atoms with Gasteiger partial charge in [-0.3, -0.25) is 15.0 Å². The second-order valence-corrected chi connectivity index (χ2v) is 6.16. The van der Waals surface area contributed by atoms with E-state index in [1.54, 1.807) is 6.33 Å². The smallest absolute Gasteiger partial charge is 0.235 e. The van der Waals surface area contributed by atoms with Crippen LogP contribution in [0.15, 0.2) is 30.6 Å². The molecule has 0 saturated carbocycles. The highest BCUT2D eigenvalue weighted by Crippen LogP contribution is 2.34. The van der Waals surface area contributed by atoms with Gasteiger partial charge in [0.25, 0.3) is 0 Å². The molecule has 3 rings (SSSR count). The van der Waals surface area contributed by atoms with Crippen molar-refractivity contribution in [2.45, 2.75) is 18.9 Å². The maximum Gasteiger partial charge on any atom is 0.235 e. The van der Waals surface area contributed by atoms with Crippen LogP contribution in [0.1, 0.15) is 17.2 Å². The van der Waals surface area contributed by atoms with Crippen molar-refractivity contribution in [1.29, 1.82) is 0 Å². The minimum atomic E-state index is -0.664. The summed E-state index contributed by atoms with van der Waals surface area (Å²) < 4.78 is 1.86. The second-order valence-electron chi connectivity index (χ2n) is 5.81. The number of aryl methyl sites for hydroxylation is 1. The van der Waals surface area contributed by atoms with Gasteiger partial charge in [0, 0.05) is 17.2 Å². The Kier molecular flexibility index (Phi) is 3.88. The van der Waals surface area contributed by atoms with Crippen molar-refractivity contribution in [2.75, 3.05) is 20.1 Å². The number of nitrogens with zero attached hydrogens (tertiary/aromatic N) is 4. The van der Waals surface area contributed by atoms with E-state index in [4.69, 9.17) is 11.6 Å². The van der Waals surface area contributed by atoms with E-state index in [9.17, 15) is 10.1 Å². The Bertz CT molecular complexity index is 698. The molecule has 2 aromatic rings. The van der Waals surface area contributed by atoms with E-state index < -0.39 is 6.04 Å². The van der Waals surface area contributed by atoms with Crippen LogP contribution in [0.4, 0.5) is 0 Å². The van der Waals surface area contributed by atoms with E-state index in [1.165, 1.54) is 0 Å². The zero-order valence-corrected chi connectivity index (χ0v) is 13.2. The second kappa shape index (κ2) is 5.70. The molecule has 22 heavy (non-hydrogen) atoms. The number of hydrogen-bond acceptors (Lipinski definition) is 4. The zero-order chi connectivity index (χ0) is 15.9. The molecule has 1 aromatic carbocycles. The molecule has 7 heteroatoms. The molecule has 1 fully saturated rings. The quantitative estimate of drug-likeness (QED) is 0.644. The van der Waals surface area contributed by atoms with Gasteiger partial charge >= 0.3 is 0 Å². The molecular formula is C15H17ClN4O2. The predicted octanol–water partition coefficient (Wildman–Crippen LogP) is 2.51. The van der Waals surface area contributed by atoms with Gasteiger partial charge in [0.2, 0.25) is 6.04 Å². The van der Waals surface area contributed by atoms with Crippen LogP contribution in [-0.4, -0.2) is 45.6 Å². The van der Waals surface area contributed by atoms with Crippen LogP contribution in [0.2, 0.25) is 5.15 Å². The molecular weight excluding hydrogens is 304 g/mol. The first-order chi connectivity index (χ1) is 10.5. The Balaban J connectivity index is 2.05. The third-order valence-electron chi connectivity index (χ3n) is 4.16. The molecule has 0 spiro atoms. The summed E-state index contributed by atoms with van der Waals surface area (Å²) in [7, 11) is 1.89. The first-order valence-electron chi connectivity index (χ1n) is 7.09. The van der Waals surface area contributed by atoms with Crippen LogP contribution >= 0.6 is 11.6 Å². The maximum absolute atomic E-state index is 11.4. The fourth-order valence-electron chi connectivity index (χ4n) is 3.04. The molecule has 0 N–H and O–H groups in total. The highest BCUT2D eigenvalue weighted by Gasteiger charge is 2.43. The SMILES string of the molecule is Cc1ccc(-n2cnc(Cl)c2C2CN(C)CC2[N+](=O)[O-])cc1. The lowest BCUT2D eigenvalue weighted by atomic mass is 10.0. The van der Waals surface area contributed by atoms with Crippen LogP contribution in [0, 0.1) is 17.0 Å². The Hall–Kier alpha value is -1.92. The lowest BCUT2D eigenvalue weighted by Crippen LogP contribution is -2.28.